The minimum atomic E-state index is -0.438. The maximum absolute atomic E-state index is 12.2. The molecule has 2 aromatic carbocycles. The Kier molecular flexibility index (Phi) is 6.64. The molecule has 4 nitrogen and oxygen atoms in total. The molecule has 0 aliphatic rings. The van der Waals surface area contributed by atoms with E-state index in [1.165, 1.54) is 6.92 Å². The van der Waals surface area contributed by atoms with Crippen molar-refractivity contribution in [3.63, 3.8) is 0 Å². The van der Waals surface area contributed by atoms with Crippen LogP contribution in [0.15, 0.2) is 48.5 Å². The summed E-state index contributed by atoms with van der Waals surface area (Å²) in [5.74, 6) is -0.396. The predicted octanol–water partition coefficient (Wildman–Crippen LogP) is 3.88. The summed E-state index contributed by atoms with van der Waals surface area (Å²) >= 11 is 12.1. The summed E-state index contributed by atoms with van der Waals surface area (Å²) in [5.41, 5.74) is 1.62. The molecule has 0 heterocycles. The highest BCUT2D eigenvalue weighted by Crippen LogP contribution is 2.21. The van der Waals surface area contributed by atoms with Crippen molar-refractivity contribution in [3.05, 3.63) is 69.7 Å². The Bertz CT molecular complexity index is 734. The van der Waals surface area contributed by atoms with Crippen molar-refractivity contribution in [2.75, 3.05) is 0 Å². The Balaban J connectivity index is 2.02. The first kappa shape index (κ1) is 18.3. The SMILES string of the molecule is CC(=O)NC(CC(=O)NCc1ccccc1Cl)c1cccc(Cl)c1. The van der Waals surface area contributed by atoms with E-state index in [4.69, 9.17) is 23.2 Å². The molecular formula is C18H18Cl2N2O2. The lowest BCUT2D eigenvalue weighted by atomic mass is 10.0. The fourth-order valence-corrected chi connectivity index (χ4v) is 2.72. The maximum atomic E-state index is 12.2. The second kappa shape index (κ2) is 8.71. The molecule has 0 radical (unpaired) electrons. The molecule has 0 aliphatic carbocycles. The van der Waals surface area contributed by atoms with E-state index in [0.717, 1.165) is 11.1 Å². The van der Waals surface area contributed by atoms with Gasteiger partial charge in [0.2, 0.25) is 11.8 Å². The van der Waals surface area contributed by atoms with Gasteiger partial charge in [-0.05, 0) is 29.3 Å². The van der Waals surface area contributed by atoms with E-state index >= 15 is 0 Å². The van der Waals surface area contributed by atoms with E-state index in [1.807, 2.05) is 24.3 Å². The van der Waals surface area contributed by atoms with Gasteiger partial charge in [0.25, 0.3) is 0 Å². The van der Waals surface area contributed by atoms with Crippen LogP contribution >= 0.6 is 23.2 Å². The number of carbonyl (C=O) groups is 2. The van der Waals surface area contributed by atoms with E-state index in [-0.39, 0.29) is 18.2 Å². The lowest BCUT2D eigenvalue weighted by Gasteiger charge is -2.18. The van der Waals surface area contributed by atoms with E-state index < -0.39 is 6.04 Å². The average molecular weight is 365 g/mol. The lowest BCUT2D eigenvalue weighted by molar-refractivity contribution is -0.122. The third-order valence-corrected chi connectivity index (χ3v) is 4.06. The van der Waals surface area contributed by atoms with Crippen LogP contribution in [0.2, 0.25) is 10.0 Å². The molecule has 24 heavy (non-hydrogen) atoms. The summed E-state index contributed by atoms with van der Waals surface area (Å²) in [7, 11) is 0. The quantitative estimate of drug-likeness (QED) is 0.816. The fraction of sp³-hybridized carbons (Fsp3) is 0.222. The highest BCUT2D eigenvalue weighted by Gasteiger charge is 2.17. The number of hydrogen-bond donors (Lipinski definition) is 2. The smallest absolute Gasteiger partial charge is 0.222 e. The van der Waals surface area contributed by atoms with Gasteiger partial charge in [0.15, 0.2) is 0 Å². The van der Waals surface area contributed by atoms with Crippen molar-refractivity contribution in [1.29, 1.82) is 0 Å². The number of hydrogen-bond acceptors (Lipinski definition) is 2. The largest absolute Gasteiger partial charge is 0.352 e. The average Bonchev–Trinajstić information content (AvgIpc) is 2.53. The van der Waals surface area contributed by atoms with Gasteiger partial charge >= 0.3 is 0 Å². The Morgan fingerprint density at radius 1 is 1.08 bits per heavy atom. The molecule has 0 saturated carbocycles. The third kappa shape index (κ3) is 5.55. The number of halogens is 2. The van der Waals surface area contributed by atoms with Crippen LogP contribution in [0.25, 0.3) is 0 Å². The molecule has 2 rings (SSSR count). The van der Waals surface area contributed by atoms with E-state index in [9.17, 15) is 9.59 Å². The highest BCUT2D eigenvalue weighted by molar-refractivity contribution is 6.31. The van der Waals surface area contributed by atoms with Gasteiger partial charge in [0, 0.05) is 23.5 Å². The van der Waals surface area contributed by atoms with Crippen LogP contribution in [0.5, 0.6) is 0 Å². The van der Waals surface area contributed by atoms with Crippen LogP contribution in [0.1, 0.15) is 30.5 Å². The van der Waals surface area contributed by atoms with Gasteiger partial charge in [0.1, 0.15) is 0 Å². The van der Waals surface area contributed by atoms with Gasteiger partial charge < -0.3 is 10.6 Å². The van der Waals surface area contributed by atoms with E-state index in [1.54, 1.807) is 24.3 Å². The molecule has 0 fully saturated rings. The monoisotopic (exact) mass is 364 g/mol. The number of nitrogens with one attached hydrogen (secondary N) is 2. The van der Waals surface area contributed by atoms with Crippen LogP contribution < -0.4 is 10.6 Å². The minimum absolute atomic E-state index is 0.115. The van der Waals surface area contributed by atoms with Gasteiger partial charge in [-0.2, -0.15) is 0 Å². The molecule has 0 aliphatic heterocycles. The third-order valence-electron chi connectivity index (χ3n) is 3.45. The Labute approximate surface area is 151 Å². The summed E-state index contributed by atoms with van der Waals surface area (Å²) in [5, 5.41) is 6.76. The van der Waals surface area contributed by atoms with Crippen molar-refractivity contribution in [3.8, 4) is 0 Å². The molecule has 0 bridgehead atoms. The van der Waals surface area contributed by atoms with Crippen LogP contribution in [-0.2, 0) is 16.1 Å². The Morgan fingerprint density at radius 3 is 2.50 bits per heavy atom. The first-order chi connectivity index (χ1) is 11.5. The normalized spacial score (nSPS) is 11.6. The van der Waals surface area contributed by atoms with Crippen molar-refractivity contribution in [1.82, 2.24) is 10.6 Å². The molecule has 6 heteroatoms. The molecule has 2 N–H and O–H groups in total. The number of rotatable bonds is 6. The van der Waals surface area contributed by atoms with Crippen molar-refractivity contribution in [2.24, 2.45) is 0 Å². The van der Waals surface area contributed by atoms with Crippen LogP contribution in [0.3, 0.4) is 0 Å². The second-order valence-electron chi connectivity index (χ2n) is 5.38. The molecule has 1 atom stereocenters. The molecule has 126 valence electrons. The summed E-state index contributed by atoms with van der Waals surface area (Å²) in [4.78, 5) is 23.7. The Morgan fingerprint density at radius 2 is 1.83 bits per heavy atom. The molecule has 0 aromatic heterocycles. The van der Waals surface area contributed by atoms with Crippen LogP contribution in [0.4, 0.5) is 0 Å². The number of carbonyl (C=O) groups excluding carboxylic acids is 2. The molecule has 0 spiro atoms. The minimum Gasteiger partial charge on any atom is -0.352 e. The van der Waals surface area contributed by atoms with Gasteiger partial charge in [-0.3, -0.25) is 9.59 Å². The standard InChI is InChI=1S/C18H18Cl2N2O2/c1-12(23)22-17(13-6-4-7-15(19)9-13)10-18(24)21-11-14-5-2-3-8-16(14)20/h2-9,17H,10-11H2,1H3,(H,21,24)(H,22,23). The molecule has 2 aromatic rings. The Hall–Kier alpha value is -2.04. The first-order valence-corrected chi connectivity index (χ1v) is 8.24. The van der Waals surface area contributed by atoms with Gasteiger partial charge in [-0.1, -0.05) is 53.5 Å². The molecule has 2 amide bonds. The fourth-order valence-electron chi connectivity index (χ4n) is 2.31. The molecule has 0 saturated heterocycles. The summed E-state index contributed by atoms with van der Waals surface area (Å²) < 4.78 is 0. The zero-order chi connectivity index (χ0) is 17.5. The van der Waals surface area contributed by atoms with Crippen molar-refractivity contribution < 1.29 is 9.59 Å². The van der Waals surface area contributed by atoms with E-state index in [2.05, 4.69) is 10.6 Å². The van der Waals surface area contributed by atoms with Gasteiger partial charge in [-0.25, -0.2) is 0 Å². The molecule has 1 unspecified atom stereocenters. The predicted molar refractivity (Wildman–Crippen MR) is 95.9 cm³/mol. The number of amides is 2. The van der Waals surface area contributed by atoms with Gasteiger partial charge in [-0.15, -0.1) is 0 Å². The van der Waals surface area contributed by atoms with Crippen molar-refractivity contribution >= 4 is 35.0 Å². The summed E-state index contributed by atoms with van der Waals surface area (Å²) in [6, 6.07) is 14.0. The summed E-state index contributed by atoms with van der Waals surface area (Å²) in [6.07, 6.45) is 0.115. The molecular weight excluding hydrogens is 347 g/mol. The number of benzene rings is 2. The topological polar surface area (TPSA) is 58.2 Å². The van der Waals surface area contributed by atoms with Gasteiger partial charge in [0.05, 0.1) is 12.5 Å². The second-order valence-corrected chi connectivity index (χ2v) is 6.22. The zero-order valence-corrected chi connectivity index (χ0v) is 14.7. The summed E-state index contributed by atoms with van der Waals surface area (Å²) in [6.45, 7) is 1.75. The van der Waals surface area contributed by atoms with Crippen LogP contribution in [0, 0.1) is 0 Å². The zero-order valence-electron chi connectivity index (χ0n) is 13.2. The highest BCUT2D eigenvalue weighted by atomic mass is 35.5. The van der Waals surface area contributed by atoms with Crippen LogP contribution in [-0.4, -0.2) is 11.8 Å². The lowest BCUT2D eigenvalue weighted by Crippen LogP contribution is -2.32. The maximum Gasteiger partial charge on any atom is 0.222 e. The van der Waals surface area contributed by atoms with Crippen molar-refractivity contribution in [2.45, 2.75) is 25.9 Å². The van der Waals surface area contributed by atoms with E-state index in [0.29, 0.717) is 16.6 Å². The first-order valence-electron chi connectivity index (χ1n) is 7.48.